The van der Waals surface area contributed by atoms with Crippen LogP contribution in [0.5, 0.6) is 0 Å². The number of rotatable bonds is 4. The van der Waals surface area contributed by atoms with E-state index in [2.05, 4.69) is 15.9 Å². The van der Waals surface area contributed by atoms with E-state index in [9.17, 15) is 8.42 Å². The highest BCUT2D eigenvalue weighted by atomic mass is 79.9. The Balaban J connectivity index is 1.88. The summed E-state index contributed by atoms with van der Waals surface area (Å²) in [5.74, 6) is 0. The van der Waals surface area contributed by atoms with E-state index in [0.717, 1.165) is 32.7 Å². The summed E-state index contributed by atoms with van der Waals surface area (Å²) in [6, 6.07) is 24.2. The molecule has 0 amide bonds. The predicted molar refractivity (Wildman–Crippen MR) is 120 cm³/mol. The van der Waals surface area contributed by atoms with Crippen LogP contribution in [0.4, 0.5) is 0 Å². The quantitative estimate of drug-likeness (QED) is 0.353. The first-order chi connectivity index (χ1) is 13.8. The van der Waals surface area contributed by atoms with Gasteiger partial charge in [-0.25, -0.2) is 13.1 Å². The van der Waals surface area contributed by atoms with E-state index >= 15 is 0 Å². The summed E-state index contributed by atoms with van der Waals surface area (Å²) in [5, 5.41) is 5.45. The summed E-state index contributed by atoms with van der Waals surface area (Å²) >= 11 is 9.55. The van der Waals surface area contributed by atoms with Crippen LogP contribution in [0.1, 0.15) is 0 Å². The zero-order chi connectivity index (χ0) is 20.6. The van der Waals surface area contributed by atoms with Gasteiger partial charge < -0.3 is 0 Å². The van der Waals surface area contributed by atoms with Crippen molar-refractivity contribution in [1.82, 2.24) is 9.78 Å². The SMILES string of the molecule is CS(=O)(=O)c1ccc(-n2nc(-c3cccc(Br)c3)cc2-c2ccc(Cl)cc2)cc1. The van der Waals surface area contributed by atoms with Gasteiger partial charge in [-0.3, -0.25) is 0 Å². The second-order valence-electron chi connectivity index (χ2n) is 6.61. The van der Waals surface area contributed by atoms with Gasteiger partial charge in [-0.1, -0.05) is 51.8 Å². The van der Waals surface area contributed by atoms with Gasteiger partial charge >= 0.3 is 0 Å². The van der Waals surface area contributed by atoms with Crippen molar-refractivity contribution in [3.05, 3.63) is 88.4 Å². The first-order valence-corrected chi connectivity index (χ1v) is 11.8. The first kappa shape index (κ1) is 19.9. The van der Waals surface area contributed by atoms with Crippen molar-refractivity contribution in [1.29, 1.82) is 0 Å². The lowest BCUT2D eigenvalue weighted by atomic mass is 10.1. The third-order valence-electron chi connectivity index (χ3n) is 4.48. The highest BCUT2D eigenvalue weighted by molar-refractivity contribution is 9.10. The minimum Gasteiger partial charge on any atom is -0.232 e. The minimum absolute atomic E-state index is 0.272. The summed E-state index contributed by atoms with van der Waals surface area (Å²) < 4.78 is 26.3. The van der Waals surface area contributed by atoms with Gasteiger partial charge in [0, 0.05) is 26.9 Å². The van der Waals surface area contributed by atoms with E-state index in [-0.39, 0.29) is 4.90 Å². The van der Waals surface area contributed by atoms with E-state index in [4.69, 9.17) is 16.7 Å². The second-order valence-corrected chi connectivity index (χ2v) is 9.98. The predicted octanol–water partition coefficient (Wildman–Crippen LogP) is 6.03. The Labute approximate surface area is 182 Å². The molecule has 0 radical (unpaired) electrons. The van der Waals surface area contributed by atoms with Gasteiger partial charge in [0.1, 0.15) is 0 Å². The molecule has 0 aliphatic heterocycles. The number of nitrogens with zero attached hydrogens (tertiary/aromatic N) is 2. The fourth-order valence-electron chi connectivity index (χ4n) is 3.03. The normalized spacial score (nSPS) is 11.6. The van der Waals surface area contributed by atoms with Crippen LogP contribution in [0.25, 0.3) is 28.2 Å². The van der Waals surface area contributed by atoms with Crippen LogP contribution in [0.3, 0.4) is 0 Å². The Morgan fingerprint density at radius 3 is 2.21 bits per heavy atom. The van der Waals surface area contributed by atoms with Gasteiger partial charge in [0.05, 0.1) is 22.0 Å². The monoisotopic (exact) mass is 486 g/mol. The van der Waals surface area contributed by atoms with E-state index in [0.29, 0.717) is 5.02 Å². The molecule has 146 valence electrons. The number of halogens is 2. The zero-order valence-corrected chi connectivity index (χ0v) is 18.5. The van der Waals surface area contributed by atoms with E-state index < -0.39 is 9.84 Å². The Bertz CT molecular complexity index is 1280. The summed E-state index contributed by atoms with van der Waals surface area (Å²) in [7, 11) is -3.26. The summed E-state index contributed by atoms with van der Waals surface area (Å²) in [6.45, 7) is 0. The van der Waals surface area contributed by atoms with Crippen LogP contribution < -0.4 is 0 Å². The lowest BCUT2D eigenvalue weighted by Gasteiger charge is -2.08. The van der Waals surface area contributed by atoms with Crippen molar-refractivity contribution in [2.24, 2.45) is 0 Å². The molecule has 7 heteroatoms. The molecule has 0 bridgehead atoms. The van der Waals surface area contributed by atoms with E-state index in [1.165, 1.54) is 6.26 Å². The third-order valence-corrected chi connectivity index (χ3v) is 6.35. The van der Waals surface area contributed by atoms with Crippen LogP contribution in [-0.4, -0.2) is 24.5 Å². The first-order valence-electron chi connectivity index (χ1n) is 8.74. The highest BCUT2D eigenvalue weighted by Gasteiger charge is 2.14. The zero-order valence-electron chi connectivity index (χ0n) is 15.4. The molecule has 0 saturated heterocycles. The molecule has 0 spiro atoms. The van der Waals surface area contributed by atoms with Crippen molar-refractivity contribution in [3.8, 4) is 28.2 Å². The van der Waals surface area contributed by atoms with Crippen LogP contribution >= 0.6 is 27.5 Å². The van der Waals surface area contributed by atoms with Crippen molar-refractivity contribution in [3.63, 3.8) is 0 Å². The van der Waals surface area contributed by atoms with Crippen molar-refractivity contribution < 1.29 is 8.42 Å². The molecule has 1 aromatic heterocycles. The fourth-order valence-corrected chi connectivity index (χ4v) is 4.18. The number of benzene rings is 3. The third kappa shape index (κ3) is 4.29. The van der Waals surface area contributed by atoms with E-state index in [1.54, 1.807) is 24.3 Å². The highest BCUT2D eigenvalue weighted by Crippen LogP contribution is 2.30. The number of sulfone groups is 1. The Morgan fingerprint density at radius 2 is 1.59 bits per heavy atom. The average Bonchev–Trinajstić information content (AvgIpc) is 3.13. The lowest BCUT2D eigenvalue weighted by molar-refractivity contribution is 0.602. The Kier molecular flexibility index (Phi) is 5.34. The molecule has 0 aliphatic rings. The van der Waals surface area contributed by atoms with Gasteiger partial charge in [0.15, 0.2) is 9.84 Å². The molecule has 0 aliphatic carbocycles. The second kappa shape index (κ2) is 7.78. The summed E-state index contributed by atoms with van der Waals surface area (Å²) in [5.41, 5.74) is 4.38. The largest absolute Gasteiger partial charge is 0.232 e. The fraction of sp³-hybridized carbons (Fsp3) is 0.0455. The average molecular weight is 488 g/mol. The van der Waals surface area contributed by atoms with Gasteiger partial charge in [-0.05, 0) is 54.6 Å². The molecular formula is C22H16BrClN2O2S. The maximum atomic E-state index is 11.8. The number of aromatic nitrogens is 2. The molecular weight excluding hydrogens is 472 g/mol. The van der Waals surface area contributed by atoms with Crippen LogP contribution in [-0.2, 0) is 9.84 Å². The van der Waals surface area contributed by atoms with Gasteiger partial charge in [-0.2, -0.15) is 5.10 Å². The maximum Gasteiger partial charge on any atom is 0.175 e. The smallest absolute Gasteiger partial charge is 0.175 e. The molecule has 0 fully saturated rings. The standard InChI is InChI=1S/C22H16BrClN2O2S/c1-29(27,28)20-11-9-19(10-12-20)26-22(15-5-7-18(24)8-6-15)14-21(25-26)16-3-2-4-17(23)13-16/h2-14H,1H3. The van der Waals surface area contributed by atoms with Gasteiger partial charge in [-0.15, -0.1) is 0 Å². The Hall–Kier alpha value is -2.41. The number of hydrogen-bond acceptors (Lipinski definition) is 3. The van der Waals surface area contributed by atoms with Crippen LogP contribution in [0, 0.1) is 0 Å². The van der Waals surface area contributed by atoms with Gasteiger partial charge in [0.2, 0.25) is 0 Å². The molecule has 4 aromatic rings. The van der Waals surface area contributed by atoms with Crippen molar-refractivity contribution in [2.45, 2.75) is 4.90 Å². The lowest BCUT2D eigenvalue weighted by Crippen LogP contribution is -2.01. The Morgan fingerprint density at radius 1 is 0.897 bits per heavy atom. The minimum atomic E-state index is -3.26. The molecule has 0 atom stereocenters. The molecule has 29 heavy (non-hydrogen) atoms. The molecule has 4 nitrogen and oxygen atoms in total. The van der Waals surface area contributed by atoms with Crippen molar-refractivity contribution >= 4 is 37.4 Å². The molecule has 4 rings (SSSR count). The van der Waals surface area contributed by atoms with Crippen LogP contribution in [0.15, 0.2) is 88.2 Å². The van der Waals surface area contributed by atoms with Gasteiger partial charge in [0.25, 0.3) is 0 Å². The molecule has 0 saturated carbocycles. The summed E-state index contributed by atoms with van der Waals surface area (Å²) in [4.78, 5) is 0.272. The number of hydrogen-bond donors (Lipinski definition) is 0. The topological polar surface area (TPSA) is 52.0 Å². The van der Waals surface area contributed by atoms with E-state index in [1.807, 2.05) is 59.3 Å². The molecule has 0 unspecified atom stereocenters. The molecule has 0 N–H and O–H groups in total. The molecule has 1 heterocycles. The summed E-state index contributed by atoms with van der Waals surface area (Å²) in [6.07, 6.45) is 1.19. The molecule has 3 aromatic carbocycles. The maximum absolute atomic E-state index is 11.8. The van der Waals surface area contributed by atoms with Crippen molar-refractivity contribution in [2.75, 3.05) is 6.26 Å². The van der Waals surface area contributed by atoms with Crippen LogP contribution in [0.2, 0.25) is 5.02 Å².